The molecule has 1 aliphatic rings. The second-order valence-corrected chi connectivity index (χ2v) is 3.96. The summed E-state index contributed by atoms with van der Waals surface area (Å²) in [6.07, 6.45) is 4.17. The van der Waals surface area contributed by atoms with Crippen LogP contribution in [0.15, 0.2) is 0 Å². The van der Waals surface area contributed by atoms with Gasteiger partial charge in [0.05, 0.1) is 0 Å². The topological polar surface area (TPSA) is 15.3 Å². The molecule has 1 saturated carbocycles. The van der Waals surface area contributed by atoms with Gasteiger partial charge in [-0.3, -0.25) is 0 Å². The summed E-state index contributed by atoms with van der Waals surface area (Å²) in [5.41, 5.74) is 0. The van der Waals surface area contributed by atoms with Crippen LogP contribution in [0.3, 0.4) is 0 Å². The van der Waals surface area contributed by atoms with Crippen LogP contribution in [-0.4, -0.2) is 38.1 Å². The van der Waals surface area contributed by atoms with Gasteiger partial charge >= 0.3 is 0 Å². The maximum Gasteiger partial charge on any atom is 0.0104 e. The van der Waals surface area contributed by atoms with Crippen LogP contribution >= 0.6 is 0 Å². The Morgan fingerprint density at radius 2 is 2.08 bits per heavy atom. The maximum absolute atomic E-state index is 3.42. The molecule has 2 nitrogen and oxygen atoms in total. The van der Waals surface area contributed by atoms with E-state index in [4.69, 9.17) is 0 Å². The van der Waals surface area contributed by atoms with E-state index in [1.165, 1.54) is 32.4 Å². The minimum absolute atomic E-state index is 1.03. The number of hydrogen-bond acceptors (Lipinski definition) is 2. The SMILES string of the molecule is CCCNCCN(C)CC1CC1. The highest BCUT2D eigenvalue weighted by Gasteiger charge is 2.22. The molecule has 0 amide bonds. The molecule has 0 radical (unpaired) electrons. The third kappa shape index (κ3) is 4.73. The van der Waals surface area contributed by atoms with Crippen molar-refractivity contribution in [2.75, 3.05) is 33.2 Å². The van der Waals surface area contributed by atoms with Crippen LogP contribution in [0.25, 0.3) is 0 Å². The Balaban J connectivity index is 1.83. The van der Waals surface area contributed by atoms with Gasteiger partial charge in [-0.25, -0.2) is 0 Å². The van der Waals surface area contributed by atoms with Crippen LogP contribution in [0, 0.1) is 5.92 Å². The van der Waals surface area contributed by atoms with Gasteiger partial charge in [0.2, 0.25) is 0 Å². The highest BCUT2D eigenvalue weighted by Crippen LogP contribution is 2.29. The molecule has 0 aliphatic heterocycles. The lowest BCUT2D eigenvalue weighted by Gasteiger charge is -2.15. The third-order valence-electron chi connectivity index (χ3n) is 2.36. The summed E-state index contributed by atoms with van der Waals surface area (Å²) in [4.78, 5) is 2.44. The van der Waals surface area contributed by atoms with E-state index in [2.05, 4.69) is 24.2 Å². The molecule has 0 atom stereocenters. The molecule has 0 bridgehead atoms. The third-order valence-corrected chi connectivity index (χ3v) is 2.36. The highest BCUT2D eigenvalue weighted by atomic mass is 15.1. The zero-order valence-corrected chi connectivity index (χ0v) is 8.47. The van der Waals surface area contributed by atoms with Gasteiger partial charge in [-0.2, -0.15) is 0 Å². The standard InChI is InChI=1S/C10H22N2/c1-3-6-11-7-8-12(2)9-10-4-5-10/h10-11H,3-9H2,1-2H3. The second-order valence-electron chi connectivity index (χ2n) is 3.96. The quantitative estimate of drug-likeness (QED) is 0.580. The lowest BCUT2D eigenvalue weighted by Crippen LogP contribution is -2.30. The lowest BCUT2D eigenvalue weighted by atomic mass is 10.4. The molecule has 0 unspecified atom stereocenters. The van der Waals surface area contributed by atoms with Gasteiger partial charge in [-0.05, 0) is 38.8 Å². The zero-order valence-electron chi connectivity index (χ0n) is 8.47. The fourth-order valence-corrected chi connectivity index (χ4v) is 1.40. The van der Waals surface area contributed by atoms with E-state index < -0.39 is 0 Å². The molecular formula is C10H22N2. The van der Waals surface area contributed by atoms with Gasteiger partial charge in [-0.1, -0.05) is 6.92 Å². The Morgan fingerprint density at radius 3 is 2.67 bits per heavy atom. The highest BCUT2D eigenvalue weighted by molar-refractivity contribution is 4.76. The molecule has 1 N–H and O–H groups in total. The minimum Gasteiger partial charge on any atom is -0.315 e. The van der Waals surface area contributed by atoms with Gasteiger partial charge in [0.15, 0.2) is 0 Å². The number of nitrogens with one attached hydrogen (secondary N) is 1. The fraction of sp³-hybridized carbons (Fsp3) is 1.00. The normalized spacial score (nSPS) is 17.2. The predicted molar refractivity (Wildman–Crippen MR) is 53.4 cm³/mol. The molecule has 12 heavy (non-hydrogen) atoms. The molecule has 2 heteroatoms. The van der Waals surface area contributed by atoms with Crippen LogP contribution in [0.5, 0.6) is 0 Å². The Kier molecular flexibility index (Phi) is 4.62. The summed E-state index contributed by atoms with van der Waals surface area (Å²) in [6, 6.07) is 0. The van der Waals surface area contributed by atoms with Crippen molar-refractivity contribution in [3.63, 3.8) is 0 Å². The van der Waals surface area contributed by atoms with Crippen molar-refractivity contribution in [3.8, 4) is 0 Å². The molecule has 0 heterocycles. The van der Waals surface area contributed by atoms with Crippen LogP contribution in [0.2, 0.25) is 0 Å². The van der Waals surface area contributed by atoms with E-state index in [-0.39, 0.29) is 0 Å². The number of rotatable bonds is 7. The van der Waals surface area contributed by atoms with Gasteiger partial charge in [0, 0.05) is 19.6 Å². The first-order valence-corrected chi connectivity index (χ1v) is 5.22. The lowest BCUT2D eigenvalue weighted by molar-refractivity contribution is 0.318. The molecule has 1 fully saturated rings. The van der Waals surface area contributed by atoms with Crippen molar-refractivity contribution in [2.45, 2.75) is 26.2 Å². The van der Waals surface area contributed by atoms with Gasteiger partial charge in [-0.15, -0.1) is 0 Å². The predicted octanol–water partition coefficient (Wildman–Crippen LogP) is 1.33. The molecule has 1 rings (SSSR count). The molecule has 0 aromatic carbocycles. The molecule has 0 aromatic rings. The van der Waals surface area contributed by atoms with E-state index in [1.807, 2.05) is 0 Å². The average Bonchev–Trinajstić information content (AvgIpc) is 2.82. The Labute approximate surface area is 76.3 Å². The summed E-state index contributed by atoms with van der Waals surface area (Å²) >= 11 is 0. The molecule has 1 aliphatic carbocycles. The molecule has 0 aromatic heterocycles. The first kappa shape index (κ1) is 10.0. The number of hydrogen-bond donors (Lipinski definition) is 1. The van der Waals surface area contributed by atoms with Crippen molar-refractivity contribution in [1.82, 2.24) is 10.2 Å². The van der Waals surface area contributed by atoms with Crippen molar-refractivity contribution < 1.29 is 0 Å². The number of nitrogens with zero attached hydrogens (tertiary/aromatic N) is 1. The minimum atomic E-state index is 1.03. The largest absolute Gasteiger partial charge is 0.315 e. The van der Waals surface area contributed by atoms with E-state index in [1.54, 1.807) is 0 Å². The molecular weight excluding hydrogens is 148 g/mol. The van der Waals surface area contributed by atoms with E-state index >= 15 is 0 Å². The average molecular weight is 170 g/mol. The molecule has 72 valence electrons. The summed E-state index contributed by atoms with van der Waals surface area (Å²) in [5, 5.41) is 3.42. The zero-order chi connectivity index (χ0) is 8.81. The second kappa shape index (κ2) is 5.55. The number of likely N-dealkylation sites (N-methyl/N-ethyl adjacent to an activating group) is 1. The summed E-state index contributed by atoms with van der Waals surface area (Å²) in [5.74, 6) is 1.03. The van der Waals surface area contributed by atoms with Crippen molar-refractivity contribution >= 4 is 0 Å². The van der Waals surface area contributed by atoms with Crippen molar-refractivity contribution in [1.29, 1.82) is 0 Å². The van der Waals surface area contributed by atoms with E-state index in [9.17, 15) is 0 Å². The molecule has 0 spiro atoms. The van der Waals surface area contributed by atoms with Crippen LogP contribution in [0.1, 0.15) is 26.2 Å². The van der Waals surface area contributed by atoms with Gasteiger partial charge < -0.3 is 10.2 Å². The first-order chi connectivity index (χ1) is 5.83. The van der Waals surface area contributed by atoms with Crippen molar-refractivity contribution in [2.24, 2.45) is 5.92 Å². The van der Waals surface area contributed by atoms with Crippen LogP contribution in [0.4, 0.5) is 0 Å². The van der Waals surface area contributed by atoms with E-state index in [0.29, 0.717) is 0 Å². The van der Waals surface area contributed by atoms with Crippen molar-refractivity contribution in [3.05, 3.63) is 0 Å². The van der Waals surface area contributed by atoms with E-state index in [0.717, 1.165) is 19.0 Å². The van der Waals surface area contributed by atoms with Crippen LogP contribution < -0.4 is 5.32 Å². The fourth-order valence-electron chi connectivity index (χ4n) is 1.40. The van der Waals surface area contributed by atoms with Crippen LogP contribution in [-0.2, 0) is 0 Å². The Bertz CT molecular complexity index is 110. The summed E-state index contributed by atoms with van der Waals surface area (Å²) in [7, 11) is 2.23. The summed E-state index contributed by atoms with van der Waals surface area (Å²) < 4.78 is 0. The van der Waals surface area contributed by atoms with Gasteiger partial charge in [0.25, 0.3) is 0 Å². The Hall–Kier alpha value is -0.0800. The van der Waals surface area contributed by atoms with Gasteiger partial charge in [0.1, 0.15) is 0 Å². The summed E-state index contributed by atoms with van der Waals surface area (Å²) in [6.45, 7) is 7.04. The smallest absolute Gasteiger partial charge is 0.0104 e. The monoisotopic (exact) mass is 170 g/mol. The first-order valence-electron chi connectivity index (χ1n) is 5.22. The molecule has 0 saturated heterocycles. The maximum atomic E-state index is 3.42. The Morgan fingerprint density at radius 1 is 1.33 bits per heavy atom.